The van der Waals surface area contributed by atoms with Gasteiger partial charge in [-0.3, -0.25) is 4.79 Å². The molecule has 0 aromatic heterocycles. The maximum absolute atomic E-state index is 13.1. The zero-order valence-electron chi connectivity index (χ0n) is 18.3. The number of carboxylic acids is 1. The number of piperidine rings is 1. The standard InChI is InChI=1S/C26H26N2O4.ClH/c1-17-6-5-13-28(16-17)20-10-12-24(29)22(15-20)25(30)27-23-14-19(9-11-21(23)26(31)32)18-7-3-2-4-8-18;/h2-4,7-12,14-15,17,29H,5-6,13,16H2,1H3,(H,27,30)(H,31,32);1H. The van der Waals surface area contributed by atoms with E-state index in [0.29, 0.717) is 5.92 Å². The van der Waals surface area contributed by atoms with Crippen LogP contribution in [-0.2, 0) is 0 Å². The Labute approximate surface area is 199 Å². The van der Waals surface area contributed by atoms with Crippen LogP contribution in [0.4, 0.5) is 11.4 Å². The van der Waals surface area contributed by atoms with E-state index in [1.807, 2.05) is 36.4 Å². The molecular formula is C26H27ClN2O4. The van der Waals surface area contributed by atoms with Crippen LogP contribution in [0.5, 0.6) is 5.75 Å². The number of amides is 1. The highest BCUT2D eigenvalue weighted by Gasteiger charge is 2.21. The molecule has 1 unspecified atom stereocenters. The summed E-state index contributed by atoms with van der Waals surface area (Å²) in [6, 6.07) is 19.3. The number of hydrogen-bond donors (Lipinski definition) is 3. The lowest BCUT2D eigenvalue weighted by molar-refractivity contribution is 0.0698. The second-order valence-electron chi connectivity index (χ2n) is 8.28. The van der Waals surface area contributed by atoms with E-state index in [1.54, 1.807) is 18.2 Å². The lowest BCUT2D eigenvalue weighted by atomic mass is 9.99. The molecule has 172 valence electrons. The molecule has 3 aromatic rings. The van der Waals surface area contributed by atoms with Gasteiger partial charge in [-0.2, -0.15) is 0 Å². The van der Waals surface area contributed by atoms with Crippen LogP contribution >= 0.6 is 12.4 Å². The number of anilines is 2. The normalized spacial score (nSPS) is 15.4. The summed E-state index contributed by atoms with van der Waals surface area (Å²) in [5.74, 6) is -1.27. The number of carbonyl (C=O) groups is 2. The smallest absolute Gasteiger partial charge is 0.337 e. The average molecular weight is 467 g/mol. The SMILES string of the molecule is CC1CCCN(c2ccc(O)c(C(=O)Nc3cc(-c4ccccc4)ccc3C(=O)O)c2)C1.Cl. The van der Waals surface area contributed by atoms with Gasteiger partial charge in [0.2, 0.25) is 0 Å². The Morgan fingerprint density at radius 2 is 1.73 bits per heavy atom. The minimum absolute atomic E-state index is 0. The summed E-state index contributed by atoms with van der Waals surface area (Å²) in [7, 11) is 0. The first-order valence-corrected chi connectivity index (χ1v) is 10.7. The van der Waals surface area contributed by atoms with Crippen molar-refractivity contribution < 1.29 is 19.8 Å². The van der Waals surface area contributed by atoms with Crippen molar-refractivity contribution in [1.29, 1.82) is 0 Å². The zero-order valence-corrected chi connectivity index (χ0v) is 19.1. The van der Waals surface area contributed by atoms with Crippen LogP contribution in [0.1, 0.15) is 40.5 Å². The van der Waals surface area contributed by atoms with Crippen molar-refractivity contribution in [3.63, 3.8) is 0 Å². The Balaban J connectivity index is 0.00000306. The lowest BCUT2D eigenvalue weighted by Crippen LogP contribution is -2.34. The molecule has 0 radical (unpaired) electrons. The minimum Gasteiger partial charge on any atom is -0.507 e. The number of nitrogens with one attached hydrogen (secondary N) is 1. The van der Waals surface area contributed by atoms with Crippen molar-refractivity contribution in [2.75, 3.05) is 23.3 Å². The number of carboxylic acid groups (broad SMARTS) is 1. The molecule has 0 saturated carbocycles. The predicted molar refractivity (Wildman–Crippen MR) is 133 cm³/mol. The maximum atomic E-state index is 13.1. The Morgan fingerprint density at radius 1 is 0.970 bits per heavy atom. The van der Waals surface area contributed by atoms with Gasteiger partial charge in [-0.1, -0.05) is 43.3 Å². The topological polar surface area (TPSA) is 89.9 Å². The van der Waals surface area contributed by atoms with E-state index in [4.69, 9.17) is 0 Å². The van der Waals surface area contributed by atoms with Gasteiger partial charge in [0.1, 0.15) is 5.75 Å². The van der Waals surface area contributed by atoms with Crippen molar-refractivity contribution in [2.24, 2.45) is 5.92 Å². The van der Waals surface area contributed by atoms with Gasteiger partial charge in [-0.15, -0.1) is 12.4 Å². The van der Waals surface area contributed by atoms with Crippen LogP contribution in [0.25, 0.3) is 11.1 Å². The average Bonchev–Trinajstić information content (AvgIpc) is 2.79. The third-order valence-corrected chi connectivity index (χ3v) is 5.85. The summed E-state index contributed by atoms with van der Waals surface area (Å²) < 4.78 is 0. The Hall–Kier alpha value is -3.51. The fourth-order valence-corrected chi connectivity index (χ4v) is 4.16. The number of benzene rings is 3. The van der Waals surface area contributed by atoms with Crippen molar-refractivity contribution >= 4 is 35.7 Å². The molecule has 1 heterocycles. The minimum atomic E-state index is -1.14. The third kappa shape index (κ3) is 5.46. The molecule has 33 heavy (non-hydrogen) atoms. The number of halogens is 1. The van der Waals surface area contributed by atoms with E-state index in [2.05, 4.69) is 17.1 Å². The highest BCUT2D eigenvalue weighted by Crippen LogP contribution is 2.30. The number of phenolic OH excluding ortho intramolecular Hbond substituents is 1. The van der Waals surface area contributed by atoms with E-state index >= 15 is 0 Å². The van der Waals surface area contributed by atoms with Gasteiger partial charge in [-0.05, 0) is 60.2 Å². The quantitative estimate of drug-likeness (QED) is 0.451. The van der Waals surface area contributed by atoms with E-state index in [1.165, 1.54) is 18.6 Å². The molecule has 1 aliphatic rings. The van der Waals surface area contributed by atoms with Gasteiger partial charge < -0.3 is 20.4 Å². The highest BCUT2D eigenvalue weighted by atomic mass is 35.5. The number of carbonyl (C=O) groups excluding carboxylic acids is 1. The Kier molecular flexibility index (Phi) is 7.61. The summed E-state index contributed by atoms with van der Waals surface area (Å²) in [5, 5.41) is 22.6. The molecule has 1 amide bonds. The molecule has 1 saturated heterocycles. The molecule has 0 bridgehead atoms. The van der Waals surface area contributed by atoms with E-state index in [0.717, 1.165) is 36.3 Å². The molecule has 4 rings (SSSR count). The Morgan fingerprint density at radius 3 is 2.42 bits per heavy atom. The van der Waals surface area contributed by atoms with Crippen LogP contribution in [0.3, 0.4) is 0 Å². The van der Waals surface area contributed by atoms with E-state index < -0.39 is 11.9 Å². The van der Waals surface area contributed by atoms with Crippen molar-refractivity contribution in [2.45, 2.75) is 19.8 Å². The summed E-state index contributed by atoms with van der Waals surface area (Å²) >= 11 is 0. The monoisotopic (exact) mass is 466 g/mol. The molecule has 1 fully saturated rings. The van der Waals surface area contributed by atoms with Crippen molar-refractivity contribution in [1.82, 2.24) is 0 Å². The van der Waals surface area contributed by atoms with Gasteiger partial charge in [0, 0.05) is 18.8 Å². The van der Waals surface area contributed by atoms with Crippen LogP contribution in [0.15, 0.2) is 66.7 Å². The molecule has 7 heteroatoms. The first kappa shape index (κ1) is 24.1. The van der Waals surface area contributed by atoms with Crippen LogP contribution < -0.4 is 10.2 Å². The van der Waals surface area contributed by atoms with Gasteiger partial charge >= 0.3 is 5.97 Å². The van der Waals surface area contributed by atoms with Crippen molar-refractivity contribution in [3.05, 3.63) is 77.9 Å². The van der Waals surface area contributed by atoms with Crippen LogP contribution in [0, 0.1) is 5.92 Å². The summed E-state index contributed by atoms with van der Waals surface area (Å²) in [4.78, 5) is 27.0. The number of hydrogen-bond acceptors (Lipinski definition) is 4. The maximum Gasteiger partial charge on any atom is 0.337 e. The first-order chi connectivity index (χ1) is 15.4. The van der Waals surface area contributed by atoms with Gasteiger partial charge in [0.15, 0.2) is 0 Å². The largest absolute Gasteiger partial charge is 0.507 e. The molecule has 1 aliphatic heterocycles. The molecule has 3 N–H and O–H groups in total. The molecule has 0 aliphatic carbocycles. The fraction of sp³-hybridized carbons (Fsp3) is 0.231. The van der Waals surface area contributed by atoms with E-state index in [-0.39, 0.29) is 35.0 Å². The molecule has 0 spiro atoms. The zero-order chi connectivity index (χ0) is 22.7. The number of nitrogens with zero attached hydrogens (tertiary/aromatic N) is 1. The molecule has 1 atom stereocenters. The Bertz CT molecular complexity index is 1150. The lowest BCUT2D eigenvalue weighted by Gasteiger charge is -2.33. The first-order valence-electron chi connectivity index (χ1n) is 10.7. The van der Waals surface area contributed by atoms with Crippen LogP contribution in [-0.4, -0.2) is 35.2 Å². The number of rotatable bonds is 5. The van der Waals surface area contributed by atoms with Gasteiger partial charge in [0.25, 0.3) is 5.91 Å². The highest BCUT2D eigenvalue weighted by molar-refractivity contribution is 6.10. The van der Waals surface area contributed by atoms with E-state index in [9.17, 15) is 19.8 Å². The fourth-order valence-electron chi connectivity index (χ4n) is 4.16. The number of aromatic hydroxyl groups is 1. The molecular weight excluding hydrogens is 440 g/mol. The summed E-state index contributed by atoms with van der Waals surface area (Å²) in [6.45, 7) is 4.00. The molecule has 3 aromatic carbocycles. The number of phenols is 1. The third-order valence-electron chi connectivity index (χ3n) is 5.85. The second kappa shape index (κ2) is 10.4. The molecule has 6 nitrogen and oxygen atoms in total. The van der Waals surface area contributed by atoms with Crippen molar-refractivity contribution in [3.8, 4) is 16.9 Å². The predicted octanol–water partition coefficient (Wildman–Crippen LogP) is 5.67. The number of aromatic carboxylic acids is 1. The summed E-state index contributed by atoms with van der Waals surface area (Å²) in [6.07, 6.45) is 2.26. The second-order valence-corrected chi connectivity index (χ2v) is 8.28. The summed E-state index contributed by atoms with van der Waals surface area (Å²) in [5.41, 5.74) is 2.84. The van der Waals surface area contributed by atoms with Crippen LogP contribution in [0.2, 0.25) is 0 Å². The van der Waals surface area contributed by atoms with Gasteiger partial charge in [-0.25, -0.2) is 4.79 Å². The van der Waals surface area contributed by atoms with Gasteiger partial charge in [0.05, 0.1) is 16.8 Å².